The highest BCUT2D eigenvalue weighted by Crippen LogP contribution is 2.26. The van der Waals surface area contributed by atoms with Crippen LogP contribution in [0.15, 0.2) is 18.2 Å². The number of hydrogen-bond acceptors (Lipinski definition) is 7. The Bertz CT molecular complexity index is 720. The zero-order chi connectivity index (χ0) is 19.1. The summed E-state index contributed by atoms with van der Waals surface area (Å²) < 4.78 is 5.48. The Labute approximate surface area is 149 Å². The van der Waals surface area contributed by atoms with Crippen molar-refractivity contribution in [3.05, 3.63) is 39.4 Å². The van der Waals surface area contributed by atoms with Gasteiger partial charge >= 0.3 is 0 Å². The van der Waals surface area contributed by atoms with Crippen LogP contribution in [0.1, 0.15) is 40.5 Å². The number of carbonyl (C=O) groups is 3. The number of benzene rings is 1. The molecule has 2 rings (SSSR count). The van der Waals surface area contributed by atoms with E-state index in [-0.39, 0.29) is 36.8 Å². The van der Waals surface area contributed by atoms with Crippen LogP contribution >= 0.6 is 0 Å². The van der Waals surface area contributed by atoms with Crippen molar-refractivity contribution in [1.29, 1.82) is 0 Å². The fourth-order valence-corrected chi connectivity index (χ4v) is 2.44. The second-order valence-corrected chi connectivity index (χ2v) is 5.47. The minimum absolute atomic E-state index is 0.0570. The minimum Gasteiger partial charge on any atom is -0.492 e. The molecule has 1 aromatic carbocycles. The summed E-state index contributed by atoms with van der Waals surface area (Å²) in [7, 11) is 0. The van der Waals surface area contributed by atoms with E-state index in [0.29, 0.717) is 18.7 Å². The van der Waals surface area contributed by atoms with E-state index in [9.17, 15) is 24.5 Å². The Hall–Kier alpha value is -3.17. The third-order valence-corrected chi connectivity index (χ3v) is 3.62. The first-order chi connectivity index (χ1) is 12.4. The lowest BCUT2D eigenvalue weighted by atomic mass is 10.1. The fourth-order valence-electron chi connectivity index (χ4n) is 2.44. The summed E-state index contributed by atoms with van der Waals surface area (Å²) in [6.07, 6.45) is 1.21. The Morgan fingerprint density at radius 1 is 1.23 bits per heavy atom. The van der Waals surface area contributed by atoms with Crippen LogP contribution in [0.5, 0.6) is 5.75 Å². The van der Waals surface area contributed by atoms with E-state index in [1.165, 1.54) is 12.1 Å². The lowest BCUT2D eigenvalue weighted by Crippen LogP contribution is -2.33. The van der Waals surface area contributed by atoms with Crippen LogP contribution < -0.4 is 10.1 Å². The van der Waals surface area contributed by atoms with Gasteiger partial charge in [-0.2, -0.15) is 0 Å². The molecule has 0 saturated heterocycles. The molecule has 0 fully saturated rings. The molecule has 0 spiro atoms. The second kappa shape index (κ2) is 8.79. The van der Waals surface area contributed by atoms with Gasteiger partial charge < -0.3 is 14.9 Å². The summed E-state index contributed by atoms with van der Waals surface area (Å²) in [5.74, 6) is -0.759. The topological polar surface area (TPSA) is 128 Å². The van der Waals surface area contributed by atoms with E-state index in [0.717, 1.165) is 11.3 Å². The average molecular weight is 365 g/mol. The Balaban J connectivity index is 1.92. The summed E-state index contributed by atoms with van der Waals surface area (Å²) in [5, 5.41) is 11.9. The van der Waals surface area contributed by atoms with Crippen molar-refractivity contribution in [3.63, 3.8) is 0 Å². The molecule has 0 radical (unpaired) electrons. The molecular weight excluding hydrogens is 346 g/mol. The molecule has 0 aliphatic carbocycles. The molecule has 0 unspecified atom stereocenters. The van der Waals surface area contributed by atoms with Crippen molar-refractivity contribution in [1.82, 2.24) is 10.2 Å². The van der Waals surface area contributed by atoms with Gasteiger partial charge in [0.25, 0.3) is 16.9 Å². The van der Waals surface area contributed by atoms with Crippen LogP contribution in [0.4, 0.5) is 0 Å². The highest BCUT2D eigenvalue weighted by molar-refractivity contribution is 6.21. The molecule has 10 heteroatoms. The van der Waals surface area contributed by atoms with E-state index >= 15 is 0 Å². The standard InChI is InChI=1S/C16H19N3O7/c1-2-3-14(20)17-6-8-25-11-4-5-12-13(10-11)16(22)18(15(12)21)7-9-26-19(23)24/h4-5,10H,2-3,6-9H2,1H3,(H,17,20). The molecule has 1 aliphatic heterocycles. The molecule has 1 N–H and O–H groups in total. The van der Waals surface area contributed by atoms with Crippen molar-refractivity contribution in [2.75, 3.05) is 26.3 Å². The average Bonchev–Trinajstić information content (AvgIpc) is 2.83. The summed E-state index contributed by atoms with van der Waals surface area (Å²) in [6, 6.07) is 4.46. The fraction of sp³-hybridized carbons (Fsp3) is 0.438. The third kappa shape index (κ3) is 4.68. The summed E-state index contributed by atoms with van der Waals surface area (Å²) in [4.78, 5) is 51.0. The first-order valence-corrected chi connectivity index (χ1v) is 8.11. The normalized spacial score (nSPS) is 12.7. The number of carbonyl (C=O) groups excluding carboxylic acids is 3. The van der Waals surface area contributed by atoms with Gasteiger partial charge in [0.15, 0.2) is 0 Å². The molecule has 1 aromatic rings. The Morgan fingerprint density at radius 2 is 1.96 bits per heavy atom. The van der Waals surface area contributed by atoms with Crippen molar-refractivity contribution in [2.45, 2.75) is 19.8 Å². The van der Waals surface area contributed by atoms with Gasteiger partial charge in [-0.25, -0.2) is 0 Å². The molecule has 1 heterocycles. The van der Waals surface area contributed by atoms with E-state index in [1.807, 2.05) is 6.92 Å². The molecule has 0 atom stereocenters. The van der Waals surface area contributed by atoms with Gasteiger partial charge in [0.2, 0.25) is 5.91 Å². The maximum absolute atomic E-state index is 12.3. The van der Waals surface area contributed by atoms with E-state index in [4.69, 9.17) is 4.74 Å². The van der Waals surface area contributed by atoms with Gasteiger partial charge in [0.05, 0.1) is 24.2 Å². The molecule has 0 bridgehead atoms. The summed E-state index contributed by atoms with van der Waals surface area (Å²) >= 11 is 0. The van der Waals surface area contributed by atoms with Crippen LogP contribution in [0.3, 0.4) is 0 Å². The zero-order valence-corrected chi connectivity index (χ0v) is 14.2. The number of amides is 3. The minimum atomic E-state index is -0.983. The largest absolute Gasteiger partial charge is 0.492 e. The lowest BCUT2D eigenvalue weighted by molar-refractivity contribution is -0.757. The molecule has 0 aromatic heterocycles. The van der Waals surface area contributed by atoms with Gasteiger partial charge in [0, 0.05) is 6.42 Å². The molecule has 0 saturated carbocycles. The smallest absolute Gasteiger partial charge is 0.294 e. The molecule has 26 heavy (non-hydrogen) atoms. The highest BCUT2D eigenvalue weighted by Gasteiger charge is 2.35. The Morgan fingerprint density at radius 3 is 2.65 bits per heavy atom. The van der Waals surface area contributed by atoms with Gasteiger partial charge in [-0.15, -0.1) is 10.1 Å². The number of imide groups is 1. The maximum Gasteiger partial charge on any atom is 0.294 e. The molecule has 3 amide bonds. The summed E-state index contributed by atoms with van der Waals surface area (Å²) in [6.45, 7) is 1.85. The predicted molar refractivity (Wildman–Crippen MR) is 88.2 cm³/mol. The van der Waals surface area contributed by atoms with E-state index in [2.05, 4.69) is 10.2 Å². The molecule has 140 valence electrons. The lowest BCUT2D eigenvalue weighted by Gasteiger charge is -2.12. The Kier molecular flexibility index (Phi) is 6.48. The van der Waals surface area contributed by atoms with Crippen LogP contribution in [-0.4, -0.2) is 54.0 Å². The number of hydrogen-bond donors (Lipinski definition) is 1. The number of nitrogens with zero attached hydrogens (tertiary/aromatic N) is 2. The monoisotopic (exact) mass is 365 g/mol. The molecular formula is C16H19N3O7. The van der Waals surface area contributed by atoms with Gasteiger partial charge in [-0.1, -0.05) is 6.92 Å². The van der Waals surface area contributed by atoms with Crippen LogP contribution in [0.25, 0.3) is 0 Å². The van der Waals surface area contributed by atoms with E-state index < -0.39 is 16.9 Å². The highest BCUT2D eigenvalue weighted by atomic mass is 16.9. The van der Waals surface area contributed by atoms with Crippen LogP contribution in [0.2, 0.25) is 0 Å². The van der Waals surface area contributed by atoms with Crippen molar-refractivity contribution < 1.29 is 29.0 Å². The van der Waals surface area contributed by atoms with Gasteiger partial charge in [0.1, 0.15) is 19.0 Å². The second-order valence-electron chi connectivity index (χ2n) is 5.47. The SMILES string of the molecule is CCCC(=O)NCCOc1ccc2c(c1)C(=O)N(CCO[N+](=O)[O-])C2=O. The quantitative estimate of drug-likeness (QED) is 0.281. The zero-order valence-electron chi connectivity index (χ0n) is 14.2. The maximum atomic E-state index is 12.3. The third-order valence-electron chi connectivity index (χ3n) is 3.62. The predicted octanol–water partition coefficient (Wildman–Crippen LogP) is 0.786. The number of fused-ring (bicyclic) bond motifs is 1. The number of ether oxygens (including phenoxy) is 1. The molecule has 1 aliphatic rings. The first-order valence-electron chi connectivity index (χ1n) is 8.11. The van der Waals surface area contributed by atoms with Crippen LogP contribution in [-0.2, 0) is 9.63 Å². The van der Waals surface area contributed by atoms with E-state index in [1.54, 1.807) is 6.07 Å². The first kappa shape index (κ1) is 19.2. The number of rotatable bonds is 10. The van der Waals surface area contributed by atoms with Gasteiger partial charge in [-0.05, 0) is 24.6 Å². The van der Waals surface area contributed by atoms with Crippen molar-refractivity contribution in [3.8, 4) is 5.75 Å². The van der Waals surface area contributed by atoms with Gasteiger partial charge in [-0.3, -0.25) is 19.3 Å². The molecule has 10 nitrogen and oxygen atoms in total. The number of nitrogens with one attached hydrogen (secondary N) is 1. The summed E-state index contributed by atoms with van der Waals surface area (Å²) in [5.41, 5.74) is 0.378. The van der Waals surface area contributed by atoms with Crippen molar-refractivity contribution >= 4 is 17.7 Å². The van der Waals surface area contributed by atoms with Crippen molar-refractivity contribution in [2.24, 2.45) is 0 Å². The van der Waals surface area contributed by atoms with Crippen LogP contribution in [0, 0.1) is 10.1 Å².